The van der Waals surface area contributed by atoms with E-state index < -0.39 is 39.9 Å². The highest BCUT2D eigenvalue weighted by Gasteiger charge is 2.44. The van der Waals surface area contributed by atoms with E-state index in [4.69, 9.17) is 21.1 Å². The molecule has 2 aliphatic carbocycles. The summed E-state index contributed by atoms with van der Waals surface area (Å²) in [4.78, 5) is 29.7. The summed E-state index contributed by atoms with van der Waals surface area (Å²) in [6.45, 7) is 3.33. The van der Waals surface area contributed by atoms with Gasteiger partial charge in [-0.25, -0.2) is 4.21 Å². The zero-order chi connectivity index (χ0) is 36.1. The zero-order valence-electron chi connectivity index (χ0n) is 29.0. The molecule has 1 saturated carbocycles. The number of nitrogens with one attached hydrogen (secondary N) is 1. The highest BCUT2D eigenvalue weighted by atomic mass is 35.5. The SMILES string of the molecule is COc1nn(C)cc1C(=O)N[S@@]1(=O)=NC(=O)c2ccc3c(c2)N(C[C@@H]2CC[C@H]2[C@@H](O)/C=C/[C@H](O)[C@H](C)C1)C[C@@]1(CCCc2cc(Cl)ccc21)CO3. The number of nitrogens with zero attached hydrogens (tertiary/aromatic N) is 4. The molecule has 1 spiro atoms. The van der Waals surface area contributed by atoms with E-state index in [9.17, 15) is 24.0 Å². The molecule has 14 heteroatoms. The van der Waals surface area contributed by atoms with Gasteiger partial charge in [-0.1, -0.05) is 36.7 Å². The van der Waals surface area contributed by atoms with Crippen molar-refractivity contribution >= 4 is 39.0 Å². The maximum atomic E-state index is 14.5. The molecule has 3 heterocycles. The van der Waals surface area contributed by atoms with Crippen LogP contribution in [0.4, 0.5) is 5.69 Å². The number of fused-ring (bicyclic) bond motifs is 4. The van der Waals surface area contributed by atoms with E-state index in [-0.39, 0.29) is 40.0 Å². The molecule has 0 radical (unpaired) electrons. The molecule has 51 heavy (non-hydrogen) atoms. The lowest BCUT2D eigenvalue weighted by Gasteiger charge is -2.45. The fourth-order valence-corrected chi connectivity index (χ4v) is 10.2. The van der Waals surface area contributed by atoms with Crippen LogP contribution in [0, 0.1) is 17.8 Å². The maximum absolute atomic E-state index is 14.5. The lowest BCUT2D eigenvalue weighted by atomic mass is 9.68. The van der Waals surface area contributed by atoms with Crippen LogP contribution in [0.5, 0.6) is 11.6 Å². The second-order valence-electron chi connectivity index (χ2n) is 14.5. The van der Waals surface area contributed by atoms with Crippen molar-refractivity contribution in [3.63, 3.8) is 0 Å². The van der Waals surface area contributed by atoms with Crippen molar-refractivity contribution in [3.05, 3.63) is 82.0 Å². The molecule has 1 aromatic heterocycles. The van der Waals surface area contributed by atoms with Gasteiger partial charge in [0.2, 0.25) is 5.88 Å². The molecule has 2 aromatic carbocycles. The minimum Gasteiger partial charge on any atom is -0.490 e. The van der Waals surface area contributed by atoms with Gasteiger partial charge < -0.3 is 24.6 Å². The molecule has 7 atom stereocenters. The second-order valence-corrected chi connectivity index (χ2v) is 16.9. The van der Waals surface area contributed by atoms with Crippen LogP contribution in [-0.2, 0) is 28.8 Å². The Morgan fingerprint density at radius 2 is 1.96 bits per heavy atom. The van der Waals surface area contributed by atoms with E-state index in [1.165, 1.54) is 35.2 Å². The first-order valence-corrected chi connectivity index (χ1v) is 19.5. The number of aromatic nitrogens is 2. The molecule has 3 N–H and O–H groups in total. The van der Waals surface area contributed by atoms with Crippen LogP contribution in [0.1, 0.15) is 64.4 Å². The summed E-state index contributed by atoms with van der Waals surface area (Å²) in [7, 11) is -0.840. The van der Waals surface area contributed by atoms with E-state index in [1.807, 2.05) is 12.1 Å². The predicted molar refractivity (Wildman–Crippen MR) is 194 cm³/mol. The van der Waals surface area contributed by atoms with E-state index in [0.29, 0.717) is 30.5 Å². The molecular formula is C37H44ClN5O7S. The van der Waals surface area contributed by atoms with Crippen LogP contribution in [0.15, 0.2) is 59.1 Å². The smallest absolute Gasteiger partial charge is 0.286 e. The number of ether oxygens (including phenoxy) is 2. The van der Waals surface area contributed by atoms with Gasteiger partial charge in [-0.05, 0) is 91.3 Å². The number of halogens is 1. The molecule has 0 saturated heterocycles. The van der Waals surface area contributed by atoms with Crippen molar-refractivity contribution in [2.75, 3.05) is 37.5 Å². The van der Waals surface area contributed by atoms with E-state index >= 15 is 0 Å². The molecule has 0 unspecified atom stereocenters. The number of hydrogen-bond acceptors (Lipinski definition) is 9. The Morgan fingerprint density at radius 3 is 2.73 bits per heavy atom. The number of aliphatic hydroxyl groups excluding tert-OH is 2. The van der Waals surface area contributed by atoms with Crippen LogP contribution >= 0.6 is 11.6 Å². The van der Waals surface area contributed by atoms with Gasteiger partial charge in [-0.2, -0.15) is 0 Å². The molecule has 3 aromatic rings. The lowest BCUT2D eigenvalue weighted by Crippen LogP contribution is -2.49. The number of aliphatic hydroxyl groups is 2. The van der Waals surface area contributed by atoms with E-state index in [2.05, 4.69) is 25.1 Å². The summed E-state index contributed by atoms with van der Waals surface area (Å²) in [5, 5.41) is 27.2. The molecule has 1 fully saturated rings. The number of hydrogen-bond donors (Lipinski definition) is 3. The zero-order valence-corrected chi connectivity index (χ0v) is 30.5. The third-order valence-corrected chi connectivity index (χ3v) is 13.1. The Bertz CT molecular complexity index is 2010. The number of rotatable bonds is 3. The first-order chi connectivity index (χ1) is 24.4. The van der Waals surface area contributed by atoms with Crippen molar-refractivity contribution in [2.45, 2.75) is 56.7 Å². The van der Waals surface area contributed by atoms with Gasteiger partial charge in [-0.3, -0.25) is 19.0 Å². The third-order valence-electron chi connectivity index (χ3n) is 10.9. The van der Waals surface area contributed by atoms with Crippen LogP contribution in [-0.4, -0.2) is 80.8 Å². The number of anilines is 1. The van der Waals surface area contributed by atoms with Gasteiger partial charge in [0.05, 0.1) is 37.4 Å². The number of aryl methyl sites for hydroxylation is 2. The third kappa shape index (κ3) is 7.01. The fourth-order valence-electron chi connectivity index (χ4n) is 8.08. The molecule has 272 valence electrons. The lowest BCUT2D eigenvalue weighted by molar-refractivity contribution is 0.0446. The Labute approximate surface area is 303 Å². The molecule has 2 bridgehead atoms. The first kappa shape index (κ1) is 35.5. The van der Waals surface area contributed by atoms with Gasteiger partial charge in [0.25, 0.3) is 11.8 Å². The van der Waals surface area contributed by atoms with Gasteiger partial charge in [0.15, 0.2) is 0 Å². The van der Waals surface area contributed by atoms with Crippen LogP contribution in [0.3, 0.4) is 0 Å². The van der Waals surface area contributed by atoms with Crippen molar-refractivity contribution in [3.8, 4) is 11.6 Å². The van der Waals surface area contributed by atoms with Crippen molar-refractivity contribution in [1.82, 2.24) is 14.5 Å². The van der Waals surface area contributed by atoms with Gasteiger partial charge in [-0.15, -0.1) is 9.46 Å². The monoisotopic (exact) mass is 737 g/mol. The molecule has 12 nitrogen and oxygen atoms in total. The molecule has 2 amide bonds. The minimum atomic E-state index is -3.81. The second kappa shape index (κ2) is 13.9. The Balaban J connectivity index is 1.31. The first-order valence-electron chi connectivity index (χ1n) is 17.4. The quantitative estimate of drug-likeness (QED) is 0.331. The van der Waals surface area contributed by atoms with Gasteiger partial charge in [0.1, 0.15) is 21.2 Å². The fraction of sp³-hybridized carbons (Fsp3) is 0.486. The molecular weight excluding hydrogens is 694 g/mol. The topological polar surface area (TPSA) is 156 Å². The van der Waals surface area contributed by atoms with Gasteiger partial charge >= 0.3 is 0 Å². The summed E-state index contributed by atoms with van der Waals surface area (Å²) in [5.41, 5.74) is 3.00. The molecule has 2 aliphatic heterocycles. The molecule has 4 aliphatic rings. The van der Waals surface area contributed by atoms with Crippen molar-refractivity contribution in [2.24, 2.45) is 29.2 Å². The van der Waals surface area contributed by atoms with Crippen molar-refractivity contribution in [1.29, 1.82) is 0 Å². The largest absolute Gasteiger partial charge is 0.490 e. The van der Waals surface area contributed by atoms with Gasteiger partial charge in [0, 0.05) is 42.3 Å². The Morgan fingerprint density at radius 1 is 1.16 bits per heavy atom. The number of methoxy groups -OCH3 is 1. The summed E-state index contributed by atoms with van der Waals surface area (Å²) in [6.07, 6.45) is 7.18. The highest BCUT2D eigenvalue weighted by molar-refractivity contribution is 7.92. The van der Waals surface area contributed by atoms with Crippen LogP contribution in [0.2, 0.25) is 5.02 Å². The van der Waals surface area contributed by atoms with Crippen molar-refractivity contribution < 1.29 is 33.5 Å². The average Bonchev–Trinajstić information content (AvgIpc) is 3.40. The summed E-state index contributed by atoms with van der Waals surface area (Å²) in [5.74, 6) is -1.85. The minimum absolute atomic E-state index is 0.0158. The Kier molecular flexibility index (Phi) is 9.68. The number of carbonyl (C=O) groups is 2. The summed E-state index contributed by atoms with van der Waals surface area (Å²) in [6, 6.07) is 11.2. The molecule has 7 rings (SSSR count). The normalized spacial score (nSPS) is 31.2. The van der Waals surface area contributed by atoms with E-state index in [0.717, 1.165) is 37.8 Å². The van der Waals surface area contributed by atoms with E-state index in [1.54, 1.807) is 38.2 Å². The predicted octanol–water partition coefficient (Wildman–Crippen LogP) is 4.46. The Hall–Kier alpha value is -3.91. The number of amides is 2. The highest BCUT2D eigenvalue weighted by Crippen LogP contribution is 2.47. The van der Waals surface area contributed by atoms with Crippen LogP contribution < -0.4 is 19.1 Å². The average molecular weight is 738 g/mol. The standard InChI is InChI=1S/C37H44ClN5O7S/c1-22-19-51(48,41-35(47)28-18-42(2)39-36(28)49-3)40-34(46)24-7-13-33-30(16-24)43(17-25-6-9-27(25)32(45)12-11-31(22)44)20-37(21-50-33)14-4-5-23-15-26(38)8-10-29(23)37/h7-8,10-13,15-16,18,22,25,27,31-32,44-45H,4-6,9,14,17,19-21H2,1-3H3,(H,40,41,46,47,48)/b12-11+/t22-,25+,27-,31+,32+,37+,51+/m1/s1. The number of benzene rings is 2. The van der Waals surface area contributed by atoms with Crippen LogP contribution in [0.25, 0.3) is 0 Å². The number of carbonyl (C=O) groups excluding carboxylic acids is 2. The maximum Gasteiger partial charge on any atom is 0.286 e. The summed E-state index contributed by atoms with van der Waals surface area (Å²) >= 11 is 6.42. The summed E-state index contributed by atoms with van der Waals surface area (Å²) < 4.78 is 34.3.